The van der Waals surface area contributed by atoms with Gasteiger partial charge in [-0.25, -0.2) is 0 Å². The lowest BCUT2D eigenvalue weighted by Gasteiger charge is -2.09. The average Bonchev–Trinajstić information content (AvgIpc) is 2.62. The van der Waals surface area contributed by atoms with Crippen LogP contribution in [0, 0.1) is 5.92 Å². The number of hydrogen-bond acceptors (Lipinski definition) is 3. The van der Waals surface area contributed by atoms with Gasteiger partial charge in [0.15, 0.2) is 0 Å². The Bertz CT molecular complexity index is 327. The summed E-state index contributed by atoms with van der Waals surface area (Å²) in [7, 11) is 0. The van der Waals surface area contributed by atoms with E-state index in [1.807, 2.05) is 6.92 Å². The summed E-state index contributed by atoms with van der Waals surface area (Å²) in [5.74, 6) is 0.186. The Morgan fingerprint density at radius 2 is 2.40 bits per heavy atom. The first-order chi connectivity index (χ1) is 7.13. The van der Waals surface area contributed by atoms with Crippen molar-refractivity contribution in [2.24, 2.45) is 5.92 Å². The first-order valence-corrected chi connectivity index (χ1v) is 5.97. The second-order valence-electron chi connectivity index (χ2n) is 3.43. The summed E-state index contributed by atoms with van der Waals surface area (Å²) in [4.78, 5) is 12.2. The molecule has 5 heteroatoms. The molecule has 2 N–H and O–H groups in total. The Morgan fingerprint density at radius 3 is 2.93 bits per heavy atom. The molecule has 1 amide bonds. The molecule has 84 valence electrons. The van der Waals surface area contributed by atoms with Crippen LogP contribution in [0.5, 0.6) is 0 Å². The van der Waals surface area contributed by atoms with Crippen LogP contribution < -0.4 is 5.32 Å². The Balaban J connectivity index is 2.36. The zero-order valence-electron chi connectivity index (χ0n) is 8.50. The van der Waals surface area contributed by atoms with Crippen molar-refractivity contribution in [3.63, 3.8) is 0 Å². The molecule has 1 heterocycles. The van der Waals surface area contributed by atoms with Crippen LogP contribution in [0.2, 0.25) is 4.34 Å². The molecule has 0 saturated carbocycles. The molecular weight excluding hydrogens is 234 g/mol. The predicted octanol–water partition coefficient (Wildman–Crippen LogP) is 2.15. The smallest absolute Gasteiger partial charge is 0.261 e. The number of thiophene rings is 1. The minimum Gasteiger partial charge on any atom is -0.396 e. The zero-order valence-corrected chi connectivity index (χ0v) is 10.1. The van der Waals surface area contributed by atoms with Gasteiger partial charge in [-0.3, -0.25) is 4.79 Å². The van der Waals surface area contributed by atoms with Gasteiger partial charge in [0, 0.05) is 13.2 Å². The Hall–Kier alpha value is -0.580. The molecule has 0 aliphatic heterocycles. The normalized spacial score (nSPS) is 12.5. The fourth-order valence-electron chi connectivity index (χ4n) is 1.11. The SMILES string of the molecule is CC(CCO)CNC(=O)c1ccc(Cl)s1. The van der Waals surface area contributed by atoms with Crippen molar-refractivity contribution in [2.45, 2.75) is 13.3 Å². The first kappa shape index (κ1) is 12.5. The number of aliphatic hydroxyl groups excluding tert-OH is 1. The van der Waals surface area contributed by atoms with Crippen LogP contribution in [0.25, 0.3) is 0 Å². The summed E-state index contributed by atoms with van der Waals surface area (Å²) in [6.45, 7) is 2.72. The van der Waals surface area contributed by atoms with Gasteiger partial charge in [0.25, 0.3) is 5.91 Å². The van der Waals surface area contributed by atoms with Gasteiger partial charge in [-0.05, 0) is 24.5 Å². The number of hydrogen-bond donors (Lipinski definition) is 2. The van der Waals surface area contributed by atoms with Crippen molar-refractivity contribution in [3.05, 3.63) is 21.3 Å². The third kappa shape index (κ3) is 4.20. The molecular formula is C10H14ClNO2S. The quantitative estimate of drug-likeness (QED) is 0.838. The third-order valence-electron chi connectivity index (χ3n) is 2.03. The van der Waals surface area contributed by atoms with Gasteiger partial charge >= 0.3 is 0 Å². The van der Waals surface area contributed by atoms with Crippen LogP contribution in [-0.4, -0.2) is 24.2 Å². The highest BCUT2D eigenvalue weighted by Crippen LogP contribution is 2.21. The summed E-state index contributed by atoms with van der Waals surface area (Å²) in [5.41, 5.74) is 0. The molecule has 1 aromatic heterocycles. The third-order valence-corrected chi connectivity index (χ3v) is 3.26. The van der Waals surface area contributed by atoms with E-state index >= 15 is 0 Å². The van der Waals surface area contributed by atoms with Gasteiger partial charge in [-0.15, -0.1) is 11.3 Å². The molecule has 0 aliphatic carbocycles. The van der Waals surface area contributed by atoms with Gasteiger partial charge < -0.3 is 10.4 Å². The Morgan fingerprint density at radius 1 is 1.67 bits per heavy atom. The second-order valence-corrected chi connectivity index (χ2v) is 5.15. The van der Waals surface area contributed by atoms with Crippen molar-refractivity contribution < 1.29 is 9.90 Å². The Kier molecular flexibility index (Phi) is 5.08. The molecule has 15 heavy (non-hydrogen) atoms. The number of aliphatic hydroxyl groups is 1. The van der Waals surface area contributed by atoms with Crippen molar-refractivity contribution in [2.75, 3.05) is 13.2 Å². The van der Waals surface area contributed by atoms with Crippen molar-refractivity contribution in [1.82, 2.24) is 5.32 Å². The average molecular weight is 248 g/mol. The summed E-state index contributed by atoms with van der Waals surface area (Å²) in [6, 6.07) is 3.41. The highest BCUT2D eigenvalue weighted by Gasteiger charge is 2.09. The first-order valence-electron chi connectivity index (χ1n) is 4.78. The van der Waals surface area contributed by atoms with Crippen molar-refractivity contribution >= 4 is 28.8 Å². The highest BCUT2D eigenvalue weighted by molar-refractivity contribution is 7.17. The van der Waals surface area contributed by atoms with E-state index in [1.165, 1.54) is 11.3 Å². The van der Waals surface area contributed by atoms with E-state index in [1.54, 1.807) is 12.1 Å². The molecule has 0 aromatic carbocycles. The molecule has 0 spiro atoms. The van der Waals surface area contributed by atoms with E-state index in [0.717, 1.165) is 0 Å². The Labute approximate surface area is 98.1 Å². The minimum absolute atomic E-state index is 0.100. The van der Waals surface area contributed by atoms with E-state index in [2.05, 4.69) is 5.32 Å². The molecule has 1 unspecified atom stereocenters. The fraction of sp³-hybridized carbons (Fsp3) is 0.500. The number of carbonyl (C=O) groups is 1. The lowest BCUT2D eigenvalue weighted by atomic mass is 10.1. The number of halogens is 1. The van der Waals surface area contributed by atoms with Crippen LogP contribution in [0.4, 0.5) is 0 Å². The van der Waals surface area contributed by atoms with Gasteiger partial charge in [0.05, 0.1) is 9.21 Å². The predicted molar refractivity (Wildman–Crippen MR) is 62.5 cm³/mol. The van der Waals surface area contributed by atoms with E-state index in [9.17, 15) is 4.79 Å². The highest BCUT2D eigenvalue weighted by atomic mass is 35.5. The number of nitrogens with one attached hydrogen (secondary N) is 1. The van der Waals surface area contributed by atoms with Gasteiger partial charge in [-0.2, -0.15) is 0 Å². The van der Waals surface area contributed by atoms with E-state index in [0.29, 0.717) is 22.2 Å². The topological polar surface area (TPSA) is 49.3 Å². The number of amides is 1. The molecule has 3 nitrogen and oxygen atoms in total. The van der Waals surface area contributed by atoms with Crippen molar-refractivity contribution in [1.29, 1.82) is 0 Å². The molecule has 0 bridgehead atoms. The van der Waals surface area contributed by atoms with Crippen LogP contribution in [-0.2, 0) is 0 Å². The van der Waals surface area contributed by atoms with Crippen LogP contribution in [0.15, 0.2) is 12.1 Å². The molecule has 1 aromatic rings. The maximum atomic E-state index is 11.5. The molecule has 0 fully saturated rings. The van der Waals surface area contributed by atoms with Crippen LogP contribution in [0.3, 0.4) is 0 Å². The van der Waals surface area contributed by atoms with Crippen molar-refractivity contribution in [3.8, 4) is 0 Å². The molecule has 1 atom stereocenters. The van der Waals surface area contributed by atoms with Crippen LogP contribution in [0.1, 0.15) is 23.0 Å². The lowest BCUT2D eigenvalue weighted by molar-refractivity contribution is 0.0949. The standard InChI is InChI=1S/C10H14ClNO2S/c1-7(4-5-13)6-12-10(14)8-2-3-9(11)15-8/h2-3,7,13H,4-6H2,1H3,(H,12,14). The summed E-state index contributed by atoms with van der Waals surface area (Å²) in [5, 5.41) is 11.5. The number of carbonyl (C=O) groups excluding carboxylic acids is 1. The van der Waals surface area contributed by atoms with Crippen LogP contribution >= 0.6 is 22.9 Å². The van der Waals surface area contributed by atoms with Gasteiger partial charge in [0.2, 0.25) is 0 Å². The maximum absolute atomic E-state index is 11.5. The summed E-state index contributed by atoms with van der Waals surface area (Å²) < 4.78 is 0.614. The molecule has 0 radical (unpaired) electrons. The maximum Gasteiger partial charge on any atom is 0.261 e. The monoisotopic (exact) mass is 247 g/mol. The molecule has 0 aliphatic rings. The molecule has 1 rings (SSSR count). The van der Waals surface area contributed by atoms with Gasteiger partial charge in [0.1, 0.15) is 0 Å². The number of rotatable bonds is 5. The molecule has 0 saturated heterocycles. The largest absolute Gasteiger partial charge is 0.396 e. The van der Waals surface area contributed by atoms with E-state index in [-0.39, 0.29) is 18.4 Å². The summed E-state index contributed by atoms with van der Waals surface area (Å²) in [6.07, 6.45) is 0.700. The second kappa shape index (κ2) is 6.10. The minimum atomic E-state index is -0.100. The zero-order chi connectivity index (χ0) is 11.3. The lowest BCUT2D eigenvalue weighted by Crippen LogP contribution is -2.27. The van der Waals surface area contributed by atoms with E-state index < -0.39 is 0 Å². The van der Waals surface area contributed by atoms with Gasteiger partial charge in [-0.1, -0.05) is 18.5 Å². The van der Waals surface area contributed by atoms with E-state index in [4.69, 9.17) is 16.7 Å². The summed E-state index contributed by atoms with van der Waals surface area (Å²) >= 11 is 6.99. The fourth-order valence-corrected chi connectivity index (χ4v) is 2.07.